The van der Waals surface area contributed by atoms with E-state index in [2.05, 4.69) is 10.3 Å². The third kappa shape index (κ3) is 4.62. The molecule has 32 heavy (non-hydrogen) atoms. The van der Waals surface area contributed by atoms with Gasteiger partial charge in [0.1, 0.15) is 5.75 Å². The van der Waals surface area contributed by atoms with Crippen molar-refractivity contribution in [2.24, 2.45) is 5.92 Å². The summed E-state index contributed by atoms with van der Waals surface area (Å²) in [4.78, 5) is 18.1. The number of likely N-dealkylation sites (tertiary alicyclic amines) is 1. The summed E-state index contributed by atoms with van der Waals surface area (Å²) in [6, 6.07) is 11.2. The van der Waals surface area contributed by atoms with Crippen LogP contribution in [0.4, 0.5) is 23.7 Å². The highest BCUT2D eigenvalue weighted by Crippen LogP contribution is 2.33. The Morgan fingerprint density at radius 1 is 1.22 bits per heavy atom. The summed E-state index contributed by atoms with van der Waals surface area (Å²) in [5, 5.41) is 3.26. The van der Waals surface area contributed by atoms with Crippen molar-refractivity contribution in [3.8, 4) is 5.75 Å². The summed E-state index contributed by atoms with van der Waals surface area (Å²) in [6.45, 7) is 1.08. The highest BCUT2D eigenvalue weighted by Gasteiger charge is 2.38. The molecule has 0 radical (unpaired) electrons. The lowest BCUT2D eigenvalue weighted by atomic mass is 9.96. The van der Waals surface area contributed by atoms with Gasteiger partial charge in [0.05, 0.1) is 23.8 Å². The summed E-state index contributed by atoms with van der Waals surface area (Å²) in [5.41, 5.74) is 1.26. The normalized spacial score (nSPS) is 15.2. The van der Waals surface area contributed by atoms with Crippen molar-refractivity contribution in [3.63, 3.8) is 0 Å². The lowest BCUT2D eigenvalue weighted by molar-refractivity contribution is -0.147. The van der Waals surface area contributed by atoms with Gasteiger partial charge in [0.2, 0.25) is 5.82 Å². The van der Waals surface area contributed by atoms with E-state index in [0.717, 1.165) is 0 Å². The fourth-order valence-corrected chi connectivity index (χ4v) is 4.20. The molecule has 1 N–H and O–H groups in total. The van der Waals surface area contributed by atoms with Gasteiger partial charge in [-0.2, -0.15) is 13.2 Å². The third-order valence-electron chi connectivity index (χ3n) is 5.65. The number of benzene rings is 2. The first-order valence-corrected chi connectivity index (χ1v) is 10.6. The van der Waals surface area contributed by atoms with Gasteiger partial charge < -0.3 is 19.5 Å². The number of hydrogen-bond acceptors (Lipinski definition) is 3. The number of nitrogens with one attached hydrogen (secondary N) is 1. The summed E-state index contributed by atoms with van der Waals surface area (Å²) < 4.78 is 47.1. The van der Waals surface area contributed by atoms with Gasteiger partial charge in [-0.1, -0.05) is 23.7 Å². The molecule has 2 amide bonds. The zero-order valence-corrected chi connectivity index (χ0v) is 18.1. The Labute approximate surface area is 187 Å². The first-order valence-electron chi connectivity index (χ1n) is 10.2. The number of urea groups is 1. The molecule has 170 valence electrons. The van der Waals surface area contributed by atoms with Crippen LogP contribution in [-0.2, 0) is 12.7 Å². The molecule has 0 spiro atoms. The highest BCUT2D eigenvalue weighted by atomic mass is 35.5. The van der Waals surface area contributed by atoms with E-state index in [1.54, 1.807) is 47.4 Å². The molecule has 1 aromatic heterocycles. The van der Waals surface area contributed by atoms with E-state index < -0.39 is 12.0 Å². The predicted molar refractivity (Wildman–Crippen MR) is 116 cm³/mol. The second-order valence-electron chi connectivity index (χ2n) is 7.74. The molecule has 0 unspecified atom stereocenters. The molecule has 4 rings (SSSR count). The first kappa shape index (κ1) is 22.3. The number of rotatable bonds is 4. The van der Waals surface area contributed by atoms with Gasteiger partial charge in [-0.3, -0.25) is 0 Å². The smallest absolute Gasteiger partial charge is 0.449 e. The Kier molecular flexibility index (Phi) is 6.19. The van der Waals surface area contributed by atoms with Crippen LogP contribution in [0.1, 0.15) is 18.7 Å². The van der Waals surface area contributed by atoms with Crippen molar-refractivity contribution < 1.29 is 22.7 Å². The van der Waals surface area contributed by atoms with Crippen LogP contribution < -0.4 is 10.1 Å². The van der Waals surface area contributed by atoms with E-state index in [9.17, 15) is 18.0 Å². The second-order valence-corrected chi connectivity index (χ2v) is 8.17. The number of methoxy groups -OCH3 is 1. The monoisotopic (exact) mass is 466 g/mol. The maximum atomic E-state index is 13.5. The number of anilines is 1. The first-order chi connectivity index (χ1) is 15.3. The Balaban J connectivity index is 1.43. The molecule has 0 bridgehead atoms. The Hall–Kier alpha value is -2.94. The molecule has 0 atom stereocenters. The van der Waals surface area contributed by atoms with Gasteiger partial charge >= 0.3 is 12.2 Å². The van der Waals surface area contributed by atoms with Crippen molar-refractivity contribution in [2.75, 3.05) is 25.5 Å². The van der Waals surface area contributed by atoms with Gasteiger partial charge in [0.15, 0.2) is 0 Å². The van der Waals surface area contributed by atoms with E-state index in [-0.39, 0.29) is 18.5 Å². The molecular formula is C22H22ClF3N4O2. The third-order valence-corrected chi connectivity index (χ3v) is 5.89. The molecule has 10 heteroatoms. The molecule has 0 saturated carbocycles. The number of halogens is 4. The zero-order valence-electron chi connectivity index (χ0n) is 17.3. The van der Waals surface area contributed by atoms with Crippen LogP contribution in [0, 0.1) is 5.92 Å². The Morgan fingerprint density at radius 2 is 1.94 bits per heavy atom. The molecule has 1 aliphatic rings. The maximum absolute atomic E-state index is 13.5. The van der Waals surface area contributed by atoms with E-state index in [1.807, 2.05) is 0 Å². The average Bonchev–Trinajstić information content (AvgIpc) is 3.13. The van der Waals surface area contributed by atoms with Gasteiger partial charge in [0.25, 0.3) is 0 Å². The fraction of sp³-hybridized carbons (Fsp3) is 0.364. The SMILES string of the molecule is COc1ccc(Cl)cc1NC(=O)N1CCC(Cn2c(C(F)(F)F)nc3ccccc32)CC1. The van der Waals surface area contributed by atoms with Crippen molar-refractivity contribution in [1.29, 1.82) is 0 Å². The number of imidazole rings is 1. The number of nitrogens with zero attached hydrogens (tertiary/aromatic N) is 3. The van der Waals surface area contributed by atoms with Crippen LogP contribution in [0.15, 0.2) is 42.5 Å². The summed E-state index contributed by atoms with van der Waals surface area (Å²) in [7, 11) is 1.50. The molecule has 1 saturated heterocycles. The van der Waals surface area contributed by atoms with E-state index in [4.69, 9.17) is 16.3 Å². The van der Waals surface area contributed by atoms with Gasteiger partial charge in [0, 0.05) is 24.7 Å². The van der Waals surface area contributed by atoms with Crippen LogP contribution in [-0.4, -0.2) is 40.7 Å². The summed E-state index contributed by atoms with van der Waals surface area (Å²) in [5.74, 6) is -0.394. The number of piperidine rings is 1. The van der Waals surface area contributed by atoms with E-state index in [1.165, 1.54) is 11.7 Å². The van der Waals surface area contributed by atoms with Crippen LogP contribution in [0.2, 0.25) is 5.02 Å². The largest absolute Gasteiger partial charge is 0.495 e. The number of amides is 2. The maximum Gasteiger partial charge on any atom is 0.449 e. The number of hydrogen-bond donors (Lipinski definition) is 1. The molecule has 1 aliphatic heterocycles. The number of carbonyl (C=O) groups is 1. The summed E-state index contributed by atoms with van der Waals surface area (Å²) in [6.07, 6.45) is -3.36. The minimum absolute atomic E-state index is 0.00142. The number of ether oxygens (including phenoxy) is 1. The number of para-hydroxylation sites is 2. The topological polar surface area (TPSA) is 59.4 Å². The number of carbonyl (C=O) groups excluding carboxylic acids is 1. The van der Waals surface area contributed by atoms with Gasteiger partial charge in [-0.15, -0.1) is 0 Å². The van der Waals surface area contributed by atoms with Crippen molar-refractivity contribution in [2.45, 2.75) is 25.6 Å². The Morgan fingerprint density at radius 3 is 2.62 bits per heavy atom. The molecule has 2 heterocycles. The molecule has 2 aromatic carbocycles. The minimum Gasteiger partial charge on any atom is -0.495 e. The van der Waals surface area contributed by atoms with Crippen LogP contribution >= 0.6 is 11.6 Å². The standard InChI is InChI=1S/C22H22ClF3N4O2/c1-32-19-7-6-15(23)12-17(19)28-21(31)29-10-8-14(9-11-29)13-30-18-5-3-2-4-16(18)27-20(30)22(24,25)26/h2-7,12,14H,8-11,13H2,1H3,(H,28,31). The van der Waals surface area contributed by atoms with Crippen molar-refractivity contribution in [3.05, 3.63) is 53.3 Å². The van der Waals surface area contributed by atoms with Gasteiger partial charge in [-0.05, 0) is 49.1 Å². The number of fused-ring (bicyclic) bond motifs is 1. The van der Waals surface area contributed by atoms with Gasteiger partial charge in [-0.25, -0.2) is 9.78 Å². The number of aromatic nitrogens is 2. The molecule has 0 aliphatic carbocycles. The minimum atomic E-state index is -4.53. The number of alkyl halides is 3. The highest BCUT2D eigenvalue weighted by molar-refractivity contribution is 6.31. The van der Waals surface area contributed by atoms with Crippen LogP contribution in [0.3, 0.4) is 0 Å². The quantitative estimate of drug-likeness (QED) is 0.539. The van der Waals surface area contributed by atoms with E-state index in [0.29, 0.717) is 53.4 Å². The lowest BCUT2D eigenvalue weighted by Gasteiger charge is -2.32. The van der Waals surface area contributed by atoms with E-state index >= 15 is 0 Å². The van der Waals surface area contributed by atoms with Crippen LogP contribution in [0.5, 0.6) is 5.75 Å². The predicted octanol–water partition coefficient (Wildman–Crippen LogP) is 5.66. The Bertz CT molecular complexity index is 1120. The lowest BCUT2D eigenvalue weighted by Crippen LogP contribution is -2.41. The summed E-state index contributed by atoms with van der Waals surface area (Å²) >= 11 is 6.01. The molecule has 3 aromatic rings. The molecule has 1 fully saturated rings. The average molecular weight is 467 g/mol. The van der Waals surface area contributed by atoms with Crippen molar-refractivity contribution in [1.82, 2.24) is 14.5 Å². The van der Waals surface area contributed by atoms with Crippen molar-refractivity contribution >= 4 is 34.4 Å². The fourth-order valence-electron chi connectivity index (χ4n) is 4.03. The molecular weight excluding hydrogens is 445 g/mol. The van der Waals surface area contributed by atoms with Crippen LogP contribution in [0.25, 0.3) is 11.0 Å². The molecule has 6 nitrogen and oxygen atoms in total. The zero-order chi connectivity index (χ0) is 22.9. The second kappa shape index (κ2) is 8.90.